The van der Waals surface area contributed by atoms with Crippen LogP contribution in [-0.4, -0.2) is 52.9 Å². The smallest absolute Gasteiger partial charge is 0.298 e. The van der Waals surface area contributed by atoms with Gasteiger partial charge in [-0.15, -0.1) is 0 Å². The number of carbonyl (C=O) groups is 2. The molecule has 2 fully saturated rings. The standard InChI is InChI=1S/C30H32N2O4/c1-2-7-28(33)31-18-14-30(35,15-19-31)25-11-12-26-24(20-25)21-27(36-26)29(34)32-16-6-10-23(13-17-32)22-8-4-3-5-9-22/h3-5,8-9,11-12,20-21,23,35H,6,10,13-19H2,1H3/t23-/m1/s1. The van der Waals surface area contributed by atoms with Gasteiger partial charge in [0.15, 0.2) is 5.76 Å². The summed E-state index contributed by atoms with van der Waals surface area (Å²) in [6.45, 7) is 3.98. The lowest BCUT2D eigenvalue weighted by molar-refractivity contribution is -0.129. The highest BCUT2D eigenvalue weighted by molar-refractivity contribution is 5.96. The minimum absolute atomic E-state index is 0.0796. The molecule has 1 N–H and O–H groups in total. The summed E-state index contributed by atoms with van der Waals surface area (Å²) < 4.78 is 5.95. The van der Waals surface area contributed by atoms with Crippen molar-refractivity contribution in [2.24, 2.45) is 0 Å². The van der Waals surface area contributed by atoms with E-state index >= 15 is 0 Å². The van der Waals surface area contributed by atoms with E-state index in [1.807, 2.05) is 29.2 Å². The molecule has 0 radical (unpaired) electrons. The van der Waals surface area contributed by atoms with Crippen LogP contribution in [0.1, 0.15) is 66.6 Å². The zero-order valence-corrected chi connectivity index (χ0v) is 20.7. The van der Waals surface area contributed by atoms with Gasteiger partial charge >= 0.3 is 0 Å². The second-order valence-electron chi connectivity index (χ2n) is 9.89. The van der Waals surface area contributed by atoms with Crippen LogP contribution in [0.25, 0.3) is 11.0 Å². The van der Waals surface area contributed by atoms with Crippen LogP contribution in [0.5, 0.6) is 0 Å². The first-order valence-electron chi connectivity index (χ1n) is 12.8. The first-order chi connectivity index (χ1) is 17.5. The quantitative estimate of drug-likeness (QED) is 0.548. The Morgan fingerprint density at radius 2 is 1.75 bits per heavy atom. The van der Waals surface area contributed by atoms with E-state index in [1.165, 1.54) is 5.56 Å². The maximum Gasteiger partial charge on any atom is 0.298 e. The summed E-state index contributed by atoms with van der Waals surface area (Å²) >= 11 is 0. The summed E-state index contributed by atoms with van der Waals surface area (Å²) in [6, 6.07) is 17.9. The molecule has 0 spiro atoms. The van der Waals surface area contributed by atoms with E-state index in [-0.39, 0.29) is 11.8 Å². The number of nitrogens with zero attached hydrogens (tertiary/aromatic N) is 2. The SMILES string of the molecule is CC#CC(=O)N1CCC(O)(c2ccc3oc(C(=O)N4CCC[C@@H](c5ccccc5)CC4)cc3c2)CC1. The van der Waals surface area contributed by atoms with Gasteiger partial charge in [-0.25, -0.2) is 0 Å². The van der Waals surface area contributed by atoms with E-state index in [9.17, 15) is 14.7 Å². The number of hydrogen-bond donors (Lipinski definition) is 1. The maximum atomic E-state index is 13.3. The molecule has 1 aromatic heterocycles. The van der Waals surface area contributed by atoms with E-state index in [0.29, 0.717) is 49.7 Å². The van der Waals surface area contributed by atoms with E-state index in [0.717, 1.165) is 36.8 Å². The lowest BCUT2D eigenvalue weighted by atomic mass is 9.84. The summed E-state index contributed by atoms with van der Waals surface area (Å²) in [7, 11) is 0. The number of piperidine rings is 1. The molecule has 0 unspecified atom stereocenters. The highest BCUT2D eigenvalue weighted by atomic mass is 16.3. The molecule has 2 amide bonds. The number of carbonyl (C=O) groups excluding carboxylic acids is 2. The molecule has 0 bridgehead atoms. The minimum atomic E-state index is -1.02. The second kappa shape index (κ2) is 10.2. The third-order valence-electron chi connectivity index (χ3n) is 7.66. The van der Waals surface area contributed by atoms with Crippen molar-refractivity contribution >= 4 is 22.8 Å². The van der Waals surface area contributed by atoms with Gasteiger partial charge in [0.05, 0.1) is 5.60 Å². The third-order valence-corrected chi connectivity index (χ3v) is 7.66. The van der Waals surface area contributed by atoms with Crippen molar-refractivity contribution in [3.05, 3.63) is 71.5 Å². The fourth-order valence-corrected chi connectivity index (χ4v) is 5.51. The third kappa shape index (κ3) is 4.89. The van der Waals surface area contributed by atoms with Crippen LogP contribution in [-0.2, 0) is 10.4 Å². The Morgan fingerprint density at radius 3 is 2.50 bits per heavy atom. The number of likely N-dealkylation sites (tertiary alicyclic amines) is 2. The number of furan rings is 1. The summed E-state index contributed by atoms with van der Waals surface area (Å²) in [5.41, 5.74) is 1.73. The normalized spacial score (nSPS) is 19.9. The molecule has 5 rings (SSSR count). The zero-order valence-electron chi connectivity index (χ0n) is 20.7. The summed E-state index contributed by atoms with van der Waals surface area (Å²) in [5.74, 6) is 5.74. The van der Waals surface area contributed by atoms with Crippen molar-refractivity contribution < 1.29 is 19.1 Å². The predicted octanol–water partition coefficient (Wildman–Crippen LogP) is 4.68. The maximum absolute atomic E-state index is 13.3. The van der Waals surface area contributed by atoms with Crippen LogP contribution in [0.2, 0.25) is 0 Å². The molecule has 2 aromatic carbocycles. The largest absolute Gasteiger partial charge is 0.451 e. The summed E-state index contributed by atoms with van der Waals surface area (Å²) in [4.78, 5) is 28.9. The first kappa shape index (κ1) is 24.1. The van der Waals surface area contributed by atoms with Gasteiger partial charge in [0.2, 0.25) is 0 Å². The van der Waals surface area contributed by atoms with Crippen molar-refractivity contribution in [3.8, 4) is 11.8 Å². The molecule has 0 aliphatic carbocycles. The topological polar surface area (TPSA) is 74.0 Å². The highest BCUT2D eigenvalue weighted by Gasteiger charge is 2.35. The number of fused-ring (bicyclic) bond motifs is 1. The molecule has 3 aromatic rings. The second-order valence-corrected chi connectivity index (χ2v) is 9.89. The zero-order chi connectivity index (χ0) is 25.1. The van der Waals surface area contributed by atoms with Crippen LogP contribution < -0.4 is 0 Å². The highest BCUT2D eigenvalue weighted by Crippen LogP contribution is 2.35. The Bertz CT molecular complexity index is 1310. The average Bonchev–Trinajstić information content (AvgIpc) is 3.18. The van der Waals surface area contributed by atoms with Gasteiger partial charge in [-0.1, -0.05) is 42.3 Å². The van der Waals surface area contributed by atoms with Crippen molar-refractivity contribution in [1.29, 1.82) is 0 Å². The molecular weight excluding hydrogens is 452 g/mol. The van der Waals surface area contributed by atoms with Crippen molar-refractivity contribution in [2.45, 2.75) is 50.5 Å². The van der Waals surface area contributed by atoms with Crippen molar-refractivity contribution in [2.75, 3.05) is 26.2 Å². The Balaban J connectivity index is 1.28. The molecule has 0 saturated carbocycles. The lowest BCUT2D eigenvalue weighted by Crippen LogP contribution is -2.44. The Labute approximate surface area is 211 Å². The van der Waals surface area contributed by atoms with Crippen LogP contribution >= 0.6 is 0 Å². The van der Waals surface area contributed by atoms with Gasteiger partial charge in [0.1, 0.15) is 5.58 Å². The number of amides is 2. The summed E-state index contributed by atoms with van der Waals surface area (Å²) in [6.07, 6.45) is 3.86. The van der Waals surface area contributed by atoms with E-state index in [1.54, 1.807) is 17.9 Å². The molecule has 2 saturated heterocycles. The number of benzene rings is 2. The van der Waals surface area contributed by atoms with Gasteiger partial charge in [0, 0.05) is 31.6 Å². The Hall–Kier alpha value is -3.56. The Morgan fingerprint density at radius 1 is 0.972 bits per heavy atom. The van der Waals surface area contributed by atoms with Crippen LogP contribution in [0.4, 0.5) is 0 Å². The van der Waals surface area contributed by atoms with Gasteiger partial charge < -0.3 is 19.3 Å². The fourth-order valence-electron chi connectivity index (χ4n) is 5.51. The predicted molar refractivity (Wildman–Crippen MR) is 138 cm³/mol. The molecule has 6 nitrogen and oxygen atoms in total. The molecule has 36 heavy (non-hydrogen) atoms. The molecule has 6 heteroatoms. The lowest BCUT2D eigenvalue weighted by Gasteiger charge is -2.37. The summed E-state index contributed by atoms with van der Waals surface area (Å²) in [5, 5.41) is 12.1. The van der Waals surface area contributed by atoms with Crippen LogP contribution in [0, 0.1) is 11.8 Å². The van der Waals surface area contributed by atoms with Gasteiger partial charge in [-0.3, -0.25) is 9.59 Å². The fraction of sp³-hybridized carbons (Fsp3) is 0.400. The molecule has 3 heterocycles. The molecule has 2 aliphatic rings. The molecule has 1 atom stereocenters. The van der Waals surface area contributed by atoms with Crippen molar-refractivity contribution in [1.82, 2.24) is 9.80 Å². The number of hydrogen-bond acceptors (Lipinski definition) is 4. The monoisotopic (exact) mass is 484 g/mol. The average molecular weight is 485 g/mol. The number of rotatable bonds is 3. The van der Waals surface area contributed by atoms with Gasteiger partial charge in [-0.05, 0) is 80.2 Å². The van der Waals surface area contributed by atoms with Crippen LogP contribution in [0.3, 0.4) is 0 Å². The van der Waals surface area contributed by atoms with E-state index in [4.69, 9.17) is 4.42 Å². The van der Waals surface area contributed by atoms with E-state index < -0.39 is 5.60 Å². The van der Waals surface area contributed by atoms with Gasteiger partial charge in [0.25, 0.3) is 11.8 Å². The minimum Gasteiger partial charge on any atom is -0.451 e. The Kier molecular flexibility index (Phi) is 6.84. The van der Waals surface area contributed by atoms with Gasteiger partial charge in [-0.2, -0.15) is 0 Å². The first-order valence-corrected chi connectivity index (χ1v) is 12.8. The van der Waals surface area contributed by atoms with E-state index in [2.05, 4.69) is 36.1 Å². The van der Waals surface area contributed by atoms with Crippen LogP contribution in [0.15, 0.2) is 59.0 Å². The van der Waals surface area contributed by atoms with Crippen molar-refractivity contribution in [3.63, 3.8) is 0 Å². The molecule has 2 aliphatic heterocycles. The molecular formula is C30H32N2O4. The number of aliphatic hydroxyl groups is 1. The molecule has 186 valence electrons.